The SMILES string of the molecule is CCCCCc1ccc(Oc2ccc(C#CC(C)NC(C)=O)cn2)cc1. The monoisotopic (exact) mass is 350 g/mol. The number of ether oxygens (including phenoxy) is 1. The fourth-order valence-corrected chi connectivity index (χ4v) is 2.47. The molecule has 0 bridgehead atoms. The third kappa shape index (κ3) is 6.98. The minimum atomic E-state index is -0.195. The Bertz CT molecular complexity index is 755. The van der Waals surface area contributed by atoms with Crippen LogP contribution in [0.1, 0.15) is 51.2 Å². The molecule has 0 aliphatic carbocycles. The van der Waals surface area contributed by atoms with Crippen LogP contribution in [-0.2, 0) is 11.2 Å². The number of rotatable bonds is 7. The fraction of sp³-hybridized carbons (Fsp3) is 0.364. The van der Waals surface area contributed by atoms with E-state index in [1.165, 1.54) is 31.7 Å². The van der Waals surface area contributed by atoms with Gasteiger partial charge in [0.1, 0.15) is 5.75 Å². The lowest BCUT2D eigenvalue weighted by atomic mass is 10.1. The third-order valence-electron chi connectivity index (χ3n) is 3.80. The molecule has 26 heavy (non-hydrogen) atoms. The van der Waals surface area contributed by atoms with Crippen LogP contribution in [0.3, 0.4) is 0 Å². The summed E-state index contributed by atoms with van der Waals surface area (Å²) in [7, 11) is 0. The largest absolute Gasteiger partial charge is 0.439 e. The van der Waals surface area contributed by atoms with Crippen LogP contribution < -0.4 is 10.1 Å². The zero-order valence-electron chi connectivity index (χ0n) is 15.7. The molecule has 0 aliphatic rings. The lowest BCUT2D eigenvalue weighted by Gasteiger charge is -2.06. The third-order valence-corrected chi connectivity index (χ3v) is 3.80. The van der Waals surface area contributed by atoms with Crippen LogP contribution in [0.5, 0.6) is 11.6 Å². The average Bonchev–Trinajstić information content (AvgIpc) is 2.62. The van der Waals surface area contributed by atoms with Gasteiger partial charge >= 0.3 is 0 Å². The van der Waals surface area contributed by atoms with Crippen LogP contribution in [0.25, 0.3) is 0 Å². The lowest BCUT2D eigenvalue weighted by molar-refractivity contribution is -0.119. The highest BCUT2D eigenvalue weighted by Gasteiger charge is 2.01. The lowest BCUT2D eigenvalue weighted by Crippen LogP contribution is -2.28. The van der Waals surface area contributed by atoms with Crippen LogP contribution >= 0.6 is 0 Å². The van der Waals surface area contributed by atoms with Gasteiger partial charge < -0.3 is 10.1 Å². The fourth-order valence-electron chi connectivity index (χ4n) is 2.47. The molecule has 1 N–H and O–H groups in total. The molecule has 1 amide bonds. The van der Waals surface area contributed by atoms with Crippen molar-refractivity contribution in [3.63, 3.8) is 0 Å². The molecule has 0 spiro atoms. The van der Waals surface area contributed by atoms with E-state index in [1.54, 1.807) is 12.3 Å². The number of carbonyl (C=O) groups excluding carboxylic acids is 1. The predicted molar refractivity (Wildman–Crippen MR) is 104 cm³/mol. The van der Waals surface area contributed by atoms with Gasteiger partial charge in [0.25, 0.3) is 0 Å². The summed E-state index contributed by atoms with van der Waals surface area (Å²) in [6, 6.07) is 11.6. The molecule has 1 aromatic carbocycles. The molecular weight excluding hydrogens is 324 g/mol. The first-order valence-electron chi connectivity index (χ1n) is 9.08. The number of hydrogen-bond acceptors (Lipinski definition) is 3. The molecule has 0 aliphatic heterocycles. The highest BCUT2D eigenvalue weighted by atomic mass is 16.5. The van der Waals surface area contributed by atoms with Gasteiger partial charge in [0, 0.05) is 24.8 Å². The molecule has 1 unspecified atom stereocenters. The van der Waals surface area contributed by atoms with Gasteiger partial charge in [0.05, 0.1) is 6.04 Å². The highest BCUT2D eigenvalue weighted by Crippen LogP contribution is 2.20. The van der Waals surface area contributed by atoms with Crippen molar-refractivity contribution in [2.45, 2.75) is 52.5 Å². The van der Waals surface area contributed by atoms with Crippen molar-refractivity contribution >= 4 is 5.91 Å². The number of benzene rings is 1. The standard InChI is InChI=1S/C22H26N2O2/c1-4-5-6-7-19-10-13-21(14-11-19)26-22-15-12-20(16-23-22)9-8-17(2)24-18(3)25/h10-17H,4-7H2,1-3H3,(H,24,25). The van der Waals surface area contributed by atoms with Crippen molar-refractivity contribution < 1.29 is 9.53 Å². The van der Waals surface area contributed by atoms with Crippen LogP contribution in [-0.4, -0.2) is 16.9 Å². The summed E-state index contributed by atoms with van der Waals surface area (Å²) in [5.41, 5.74) is 2.11. The summed E-state index contributed by atoms with van der Waals surface area (Å²) in [6.45, 7) is 5.53. The Morgan fingerprint density at radius 3 is 2.58 bits per heavy atom. The van der Waals surface area contributed by atoms with Gasteiger partial charge in [-0.05, 0) is 43.5 Å². The molecule has 4 nitrogen and oxygen atoms in total. The van der Waals surface area contributed by atoms with Gasteiger partial charge in [-0.2, -0.15) is 0 Å². The maximum Gasteiger partial charge on any atom is 0.219 e. The quantitative estimate of drug-likeness (QED) is 0.591. The van der Waals surface area contributed by atoms with Crippen molar-refractivity contribution in [3.05, 3.63) is 53.7 Å². The number of hydrogen-bond donors (Lipinski definition) is 1. The first kappa shape index (κ1) is 19.5. The van der Waals surface area contributed by atoms with E-state index >= 15 is 0 Å². The van der Waals surface area contributed by atoms with Gasteiger partial charge in [-0.25, -0.2) is 4.98 Å². The van der Waals surface area contributed by atoms with Crippen molar-refractivity contribution in [2.24, 2.45) is 0 Å². The molecule has 0 saturated carbocycles. The van der Waals surface area contributed by atoms with Gasteiger partial charge in [0.2, 0.25) is 11.8 Å². The summed E-state index contributed by atoms with van der Waals surface area (Å²) < 4.78 is 5.78. The predicted octanol–water partition coefficient (Wildman–Crippen LogP) is 4.48. The minimum Gasteiger partial charge on any atom is -0.439 e. The molecule has 1 heterocycles. The average molecular weight is 350 g/mol. The van der Waals surface area contributed by atoms with Crippen molar-refractivity contribution in [1.82, 2.24) is 10.3 Å². The summed E-state index contributed by atoms with van der Waals surface area (Å²) in [5.74, 6) is 7.17. The van der Waals surface area contributed by atoms with Crippen molar-refractivity contribution in [3.8, 4) is 23.5 Å². The molecule has 2 rings (SSSR count). The summed E-state index contributed by atoms with van der Waals surface area (Å²) in [6.07, 6.45) is 6.50. The molecular formula is C22H26N2O2. The van der Waals surface area contributed by atoms with E-state index < -0.39 is 0 Å². The van der Waals surface area contributed by atoms with Gasteiger partial charge in [-0.3, -0.25) is 4.79 Å². The van der Waals surface area contributed by atoms with E-state index in [2.05, 4.69) is 41.2 Å². The Hall–Kier alpha value is -2.80. The molecule has 4 heteroatoms. The molecule has 2 aromatic rings. The molecule has 0 saturated heterocycles. The van der Waals surface area contributed by atoms with E-state index in [0.717, 1.165) is 17.7 Å². The van der Waals surface area contributed by atoms with Crippen molar-refractivity contribution in [2.75, 3.05) is 0 Å². The topological polar surface area (TPSA) is 51.2 Å². The van der Waals surface area contributed by atoms with Crippen LogP contribution in [0.2, 0.25) is 0 Å². The minimum absolute atomic E-state index is 0.0925. The van der Waals surface area contributed by atoms with E-state index in [1.807, 2.05) is 25.1 Å². The number of aromatic nitrogens is 1. The van der Waals surface area contributed by atoms with Crippen molar-refractivity contribution in [1.29, 1.82) is 0 Å². The van der Waals surface area contributed by atoms with Gasteiger partial charge in [0.15, 0.2) is 0 Å². The summed E-state index contributed by atoms with van der Waals surface area (Å²) in [4.78, 5) is 15.2. The molecule has 0 radical (unpaired) electrons. The molecule has 0 fully saturated rings. The Labute approximate surface area is 156 Å². The zero-order valence-corrected chi connectivity index (χ0v) is 15.7. The number of unbranched alkanes of at least 4 members (excludes halogenated alkanes) is 2. The van der Waals surface area contributed by atoms with E-state index in [0.29, 0.717) is 5.88 Å². The molecule has 136 valence electrons. The zero-order chi connectivity index (χ0) is 18.8. The number of nitrogens with one attached hydrogen (secondary N) is 1. The Morgan fingerprint density at radius 2 is 1.96 bits per heavy atom. The Morgan fingerprint density at radius 1 is 1.19 bits per heavy atom. The van der Waals surface area contributed by atoms with Crippen LogP contribution in [0.4, 0.5) is 0 Å². The Kier molecular flexibility index (Phi) is 7.70. The van der Waals surface area contributed by atoms with E-state index in [9.17, 15) is 4.79 Å². The number of amides is 1. The summed E-state index contributed by atoms with van der Waals surface area (Å²) >= 11 is 0. The smallest absolute Gasteiger partial charge is 0.219 e. The van der Waals surface area contributed by atoms with Crippen LogP contribution in [0, 0.1) is 11.8 Å². The van der Waals surface area contributed by atoms with Gasteiger partial charge in [-0.15, -0.1) is 0 Å². The van der Waals surface area contributed by atoms with Gasteiger partial charge in [-0.1, -0.05) is 43.7 Å². The molecule has 1 aromatic heterocycles. The first-order valence-corrected chi connectivity index (χ1v) is 9.08. The maximum absolute atomic E-state index is 11.0. The number of aryl methyl sites for hydroxylation is 1. The second-order valence-electron chi connectivity index (χ2n) is 6.28. The normalized spacial score (nSPS) is 11.2. The van der Waals surface area contributed by atoms with E-state index in [-0.39, 0.29) is 11.9 Å². The second-order valence-corrected chi connectivity index (χ2v) is 6.28. The highest BCUT2D eigenvalue weighted by molar-refractivity contribution is 5.73. The van der Waals surface area contributed by atoms with E-state index in [4.69, 9.17) is 4.74 Å². The first-order chi connectivity index (χ1) is 12.6. The number of carbonyl (C=O) groups is 1. The molecule has 1 atom stereocenters. The second kappa shape index (κ2) is 10.2. The summed E-state index contributed by atoms with van der Waals surface area (Å²) in [5, 5.41) is 2.72. The maximum atomic E-state index is 11.0. The number of nitrogens with zero attached hydrogens (tertiary/aromatic N) is 1. The van der Waals surface area contributed by atoms with Crippen LogP contribution in [0.15, 0.2) is 42.6 Å². The number of pyridine rings is 1. The Balaban J connectivity index is 1.90.